The molecule has 0 aliphatic carbocycles. The fourth-order valence-corrected chi connectivity index (χ4v) is 4.75. The van der Waals surface area contributed by atoms with Crippen molar-refractivity contribution >= 4 is 33.5 Å². The average molecular weight is 442 g/mol. The number of nitrogens with one attached hydrogen (secondary N) is 1. The van der Waals surface area contributed by atoms with Crippen molar-refractivity contribution in [3.63, 3.8) is 0 Å². The number of rotatable bonds is 7. The molecule has 29 heavy (non-hydrogen) atoms. The Labute approximate surface area is 175 Å². The van der Waals surface area contributed by atoms with E-state index in [1.807, 2.05) is 6.07 Å². The van der Waals surface area contributed by atoms with E-state index in [1.165, 1.54) is 16.4 Å². The highest BCUT2D eigenvalue weighted by atomic mass is 35.5. The van der Waals surface area contributed by atoms with E-state index in [-0.39, 0.29) is 21.4 Å². The van der Waals surface area contributed by atoms with Gasteiger partial charge >= 0.3 is 5.97 Å². The van der Waals surface area contributed by atoms with Gasteiger partial charge in [0.25, 0.3) is 5.91 Å². The molecule has 0 unspecified atom stereocenters. The molecule has 1 aliphatic rings. The van der Waals surface area contributed by atoms with Crippen LogP contribution in [-0.2, 0) is 19.6 Å². The largest absolute Gasteiger partial charge is 0.452 e. The van der Waals surface area contributed by atoms with Gasteiger partial charge in [0.1, 0.15) is 10.4 Å². The minimum atomic E-state index is -3.82. The number of benzene rings is 1. The standard InChI is InChI=1S/C19H24ClN3O5S/c1-13(2)19(3,12-21)22-17(24)11-28-18(25)14-6-7-15(20)16(10-14)29(26,27)23-8-4-5-9-23/h6-7,10,13H,4-5,8-9,11H2,1-3H3,(H,22,24)/t19-/m1/s1. The number of esters is 1. The van der Waals surface area contributed by atoms with E-state index >= 15 is 0 Å². The van der Waals surface area contributed by atoms with E-state index in [2.05, 4.69) is 5.32 Å². The minimum absolute atomic E-state index is 0.00733. The fraction of sp³-hybridized carbons (Fsp3) is 0.526. The zero-order valence-electron chi connectivity index (χ0n) is 16.6. The molecule has 0 bridgehead atoms. The summed E-state index contributed by atoms with van der Waals surface area (Å²) in [5.74, 6) is -1.64. The number of ether oxygens (including phenoxy) is 1. The first-order valence-corrected chi connectivity index (χ1v) is 11.0. The number of hydrogen-bond acceptors (Lipinski definition) is 6. The zero-order valence-corrected chi connectivity index (χ0v) is 18.1. The molecule has 0 spiro atoms. The number of carbonyl (C=O) groups excluding carboxylic acids is 2. The summed E-state index contributed by atoms with van der Waals surface area (Å²) in [4.78, 5) is 24.2. The minimum Gasteiger partial charge on any atom is -0.452 e. The second-order valence-electron chi connectivity index (χ2n) is 7.35. The van der Waals surface area contributed by atoms with Crippen molar-refractivity contribution in [2.24, 2.45) is 5.92 Å². The lowest BCUT2D eigenvalue weighted by atomic mass is 9.90. The number of halogens is 1. The third-order valence-electron chi connectivity index (χ3n) is 4.97. The Kier molecular flexibility index (Phi) is 7.27. The molecule has 1 aromatic rings. The highest BCUT2D eigenvalue weighted by Gasteiger charge is 2.31. The molecule has 1 aliphatic heterocycles. The van der Waals surface area contributed by atoms with Gasteiger partial charge in [-0.3, -0.25) is 4.79 Å². The molecule has 10 heteroatoms. The van der Waals surface area contributed by atoms with Gasteiger partial charge < -0.3 is 10.1 Å². The first-order valence-electron chi connectivity index (χ1n) is 9.20. The van der Waals surface area contributed by atoms with Crippen molar-refractivity contribution in [2.45, 2.75) is 44.0 Å². The van der Waals surface area contributed by atoms with Crippen LogP contribution in [0, 0.1) is 17.2 Å². The smallest absolute Gasteiger partial charge is 0.338 e. The summed E-state index contributed by atoms with van der Waals surface area (Å²) in [6, 6.07) is 5.83. The van der Waals surface area contributed by atoms with Gasteiger partial charge in [-0.25, -0.2) is 13.2 Å². The summed E-state index contributed by atoms with van der Waals surface area (Å²) in [6.45, 7) is 5.35. The molecule has 1 fully saturated rings. The number of sulfonamides is 1. The van der Waals surface area contributed by atoms with Crippen LogP contribution in [0.15, 0.2) is 23.1 Å². The summed E-state index contributed by atoms with van der Waals surface area (Å²) in [5.41, 5.74) is -1.13. The zero-order chi connectivity index (χ0) is 21.8. The normalized spacial score (nSPS) is 16.8. The molecular formula is C19H24ClN3O5S. The first-order chi connectivity index (χ1) is 13.5. The lowest BCUT2D eigenvalue weighted by Gasteiger charge is -2.27. The van der Waals surface area contributed by atoms with Crippen molar-refractivity contribution in [1.29, 1.82) is 5.26 Å². The predicted molar refractivity (Wildman–Crippen MR) is 107 cm³/mol. The van der Waals surface area contributed by atoms with Crippen LogP contribution in [0.1, 0.15) is 44.0 Å². The molecule has 0 aromatic heterocycles. The maximum absolute atomic E-state index is 12.7. The Balaban J connectivity index is 2.10. The number of amides is 1. The molecular weight excluding hydrogens is 418 g/mol. The van der Waals surface area contributed by atoms with Gasteiger partial charge in [0.15, 0.2) is 6.61 Å². The second-order valence-corrected chi connectivity index (χ2v) is 9.66. The highest BCUT2D eigenvalue weighted by Crippen LogP contribution is 2.28. The molecule has 1 amide bonds. The molecule has 0 saturated carbocycles. The summed E-state index contributed by atoms with van der Waals surface area (Å²) < 4.78 is 31.8. The van der Waals surface area contributed by atoms with E-state index in [0.717, 1.165) is 18.9 Å². The van der Waals surface area contributed by atoms with Crippen LogP contribution in [0.2, 0.25) is 5.02 Å². The fourth-order valence-electron chi connectivity index (χ4n) is 2.74. The van der Waals surface area contributed by atoms with Crippen molar-refractivity contribution in [1.82, 2.24) is 9.62 Å². The number of nitriles is 1. The molecule has 1 heterocycles. The van der Waals surface area contributed by atoms with E-state index in [1.54, 1.807) is 20.8 Å². The summed E-state index contributed by atoms with van der Waals surface area (Å²) in [6.07, 6.45) is 1.54. The lowest BCUT2D eigenvalue weighted by molar-refractivity contribution is -0.125. The van der Waals surface area contributed by atoms with Crippen molar-refractivity contribution in [2.75, 3.05) is 19.7 Å². The van der Waals surface area contributed by atoms with Crippen LogP contribution in [0.25, 0.3) is 0 Å². The molecule has 1 aromatic carbocycles. The van der Waals surface area contributed by atoms with Crippen LogP contribution in [0.4, 0.5) is 0 Å². The molecule has 1 N–H and O–H groups in total. The van der Waals surface area contributed by atoms with Gasteiger partial charge in [0.05, 0.1) is 16.7 Å². The van der Waals surface area contributed by atoms with Crippen LogP contribution >= 0.6 is 11.6 Å². The topological polar surface area (TPSA) is 117 Å². The average Bonchev–Trinajstić information content (AvgIpc) is 3.21. The SMILES string of the molecule is CC(C)[C@@](C)(C#N)NC(=O)COC(=O)c1ccc(Cl)c(S(=O)(=O)N2CCCC2)c1. The van der Waals surface area contributed by atoms with Crippen LogP contribution in [-0.4, -0.2) is 49.8 Å². The van der Waals surface area contributed by atoms with E-state index in [9.17, 15) is 23.3 Å². The Morgan fingerprint density at radius 1 is 1.34 bits per heavy atom. The molecule has 0 radical (unpaired) electrons. The maximum atomic E-state index is 12.7. The third kappa shape index (κ3) is 5.26. The lowest BCUT2D eigenvalue weighted by Crippen LogP contribution is -2.50. The van der Waals surface area contributed by atoms with Gasteiger partial charge in [0.2, 0.25) is 10.0 Å². The Morgan fingerprint density at radius 2 is 1.97 bits per heavy atom. The Morgan fingerprint density at radius 3 is 2.52 bits per heavy atom. The Bertz CT molecular complexity index is 936. The van der Waals surface area contributed by atoms with Crippen molar-refractivity contribution < 1.29 is 22.7 Å². The van der Waals surface area contributed by atoms with E-state index in [4.69, 9.17) is 16.3 Å². The first kappa shape index (κ1) is 23.1. The molecule has 2 rings (SSSR count). The summed E-state index contributed by atoms with van der Waals surface area (Å²) in [7, 11) is -3.82. The van der Waals surface area contributed by atoms with Gasteiger partial charge in [0, 0.05) is 13.1 Å². The third-order valence-corrected chi connectivity index (χ3v) is 7.35. The predicted octanol–water partition coefficient (Wildman–Crippen LogP) is 2.34. The van der Waals surface area contributed by atoms with Crippen LogP contribution in [0.3, 0.4) is 0 Å². The summed E-state index contributed by atoms with van der Waals surface area (Å²) in [5, 5.41) is 11.8. The quantitative estimate of drug-likeness (QED) is 0.649. The van der Waals surface area contributed by atoms with Crippen LogP contribution in [0.5, 0.6) is 0 Å². The van der Waals surface area contributed by atoms with E-state index < -0.39 is 34.0 Å². The highest BCUT2D eigenvalue weighted by molar-refractivity contribution is 7.89. The van der Waals surface area contributed by atoms with Crippen molar-refractivity contribution in [3.8, 4) is 6.07 Å². The number of carbonyl (C=O) groups is 2. The van der Waals surface area contributed by atoms with Crippen LogP contribution < -0.4 is 5.32 Å². The summed E-state index contributed by atoms with van der Waals surface area (Å²) >= 11 is 6.06. The van der Waals surface area contributed by atoms with Gasteiger partial charge in [-0.05, 0) is 43.9 Å². The van der Waals surface area contributed by atoms with Gasteiger partial charge in [-0.15, -0.1) is 0 Å². The van der Waals surface area contributed by atoms with Gasteiger partial charge in [-0.1, -0.05) is 25.4 Å². The number of hydrogen-bond donors (Lipinski definition) is 1. The van der Waals surface area contributed by atoms with E-state index in [0.29, 0.717) is 13.1 Å². The Hall–Kier alpha value is -2.15. The molecule has 158 valence electrons. The second kappa shape index (κ2) is 9.11. The molecule has 1 saturated heterocycles. The maximum Gasteiger partial charge on any atom is 0.338 e. The van der Waals surface area contributed by atoms with Gasteiger partial charge in [-0.2, -0.15) is 9.57 Å². The number of nitrogens with zero attached hydrogens (tertiary/aromatic N) is 2. The molecule has 1 atom stereocenters. The monoisotopic (exact) mass is 441 g/mol. The van der Waals surface area contributed by atoms with Crippen molar-refractivity contribution in [3.05, 3.63) is 28.8 Å². The molecule has 8 nitrogen and oxygen atoms in total.